The van der Waals surface area contributed by atoms with Crippen molar-refractivity contribution in [1.29, 1.82) is 0 Å². The number of hydrogen-bond donors (Lipinski definition) is 2. The topological polar surface area (TPSA) is 98.1 Å². The molecule has 3 heterocycles. The maximum atomic E-state index is 13.6. The van der Waals surface area contributed by atoms with Gasteiger partial charge in [0.1, 0.15) is 0 Å². The molecule has 3 N–H and O–H groups in total. The van der Waals surface area contributed by atoms with E-state index in [2.05, 4.69) is 15.2 Å². The van der Waals surface area contributed by atoms with Crippen molar-refractivity contribution in [2.24, 2.45) is 5.92 Å². The third-order valence-electron chi connectivity index (χ3n) is 5.16. The molecule has 2 aromatic rings. The smallest absolute Gasteiger partial charge is 0.416 e. The summed E-state index contributed by atoms with van der Waals surface area (Å²) in [6.07, 6.45) is -9.17. The molecular weight excluding hydrogens is 418 g/mol. The van der Waals surface area contributed by atoms with Crippen molar-refractivity contribution in [2.45, 2.75) is 63.4 Å². The lowest BCUT2D eigenvalue weighted by Crippen LogP contribution is -2.42. The summed E-state index contributed by atoms with van der Waals surface area (Å²) in [6, 6.07) is 0.663. The Hall–Kier alpha value is -2.37. The second-order valence-electron chi connectivity index (χ2n) is 7.60. The van der Waals surface area contributed by atoms with Crippen LogP contribution in [0.25, 0.3) is 11.6 Å². The van der Waals surface area contributed by atoms with E-state index < -0.39 is 47.4 Å². The molecule has 0 spiro atoms. The molecule has 0 saturated heterocycles. The van der Waals surface area contributed by atoms with Crippen molar-refractivity contribution in [3.05, 3.63) is 23.2 Å². The average Bonchev–Trinajstić information content (AvgIpc) is 3.10. The molecule has 12 heteroatoms. The summed E-state index contributed by atoms with van der Waals surface area (Å²) in [7, 11) is 0. The van der Waals surface area contributed by atoms with E-state index in [9.17, 15) is 31.4 Å². The Morgan fingerprint density at radius 3 is 2.47 bits per heavy atom. The highest BCUT2D eigenvalue weighted by atomic mass is 19.4. The number of nitrogen functional groups attached to an aromatic ring is 1. The number of alkyl halides is 6. The summed E-state index contributed by atoms with van der Waals surface area (Å²) in [4.78, 5) is 3.93. The predicted molar refractivity (Wildman–Crippen MR) is 92.8 cm³/mol. The van der Waals surface area contributed by atoms with Gasteiger partial charge in [-0.2, -0.15) is 26.3 Å². The van der Waals surface area contributed by atoms with E-state index in [-0.39, 0.29) is 30.1 Å². The van der Waals surface area contributed by atoms with Crippen molar-refractivity contribution in [3.63, 3.8) is 0 Å². The van der Waals surface area contributed by atoms with E-state index >= 15 is 0 Å². The molecule has 30 heavy (non-hydrogen) atoms. The number of rotatable bonds is 0. The highest BCUT2D eigenvalue weighted by Gasteiger charge is 2.58. The van der Waals surface area contributed by atoms with Crippen LogP contribution in [0, 0.1) is 5.92 Å². The molecular formula is C18H20F6N4O2. The first-order valence-corrected chi connectivity index (χ1v) is 9.33. The summed E-state index contributed by atoms with van der Waals surface area (Å²) in [5.74, 6) is -1.90. The zero-order chi connectivity index (χ0) is 22.3. The molecule has 2 atom stereocenters. The monoisotopic (exact) mass is 438 g/mol. The van der Waals surface area contributed by atoms with E-state index in [4.69, 9.17) is 10.2 Å². The average molecular weight is 438 g/mol. The molecule has 2 aromatic heterocycles. The minimum Gasteiger partial charge on any atom is -0.416 e. The Bertz CT molecular complexity index is 911. The second kappa shape index (κ2) is 7.71. The first kappa shape index (κ1) is 22.3. The van der Waals surface area contributed by atoms with Crippen molar-refractivity contribution in [2.75, 3.05) is 5.73 Å². The number of aliphatic hydroxyl groups is 1. The van der Waals surface area contributed by atoms with Crippen LogP contribution < -0.4 is 5.73 Å². The van der Waals surface area contributed by atoms with Gasteiger partial charge in [0.15, 0.2) is 5.69 Å². The Labute approximate surface area is 167 Å². The summed E-state index contributed by atoms with van der Waals surface area (Å²) in [5.41, 5.74) is 0.150. The number of hydrogen-bond acceptors (Lipinski definition) is 6. The van der Waals surface area contributed by atoms with Gasteiger partial charge in [-0.05, 0) is 31.2 Å². The van der Waals surface area contributed by atoms with E-state index in [0.717, 1.165) is 0 Å². The molecule has 2 unspecified atom stereocenters. The highest BCUT2D eigenvalue weighted by molar-refractivity contribution is 5.67. The number of aromatic nitrogens is 3. The number of anilines is 1. The predicted octanol–water partition coefficient (Wildman–Crippen LogP) is 4.63. The fourth-order valence-corrected chi connectivity index (χ4v) is 3.48. The second-order valence-corrected chi connectivity index (χ2v) is 7.60. The lowest BCUT2D eigenvalue weighted by molar-refractivity contribution is -0.277. The number of nitrogens with zero attached hydrogens (tertiary/aromatic N) is 3. The van der Waals surface area contributed by atoms with Crippen LogP contribution in [0.15, 0.2) is 10.5 Å². The SMILES string of the molecule is CC1CCCCCC(O)(C(F)(F)F)c2nnc(o2)-c2nc(c(C(F)(F)F)cc2N)C1. The Morgan fingerprint density at radius 2 is 1.83 bits per heavy atom. The minimum absolute atomic E-state index is 0.00436. The van der Waals surface area contributed by atoms with Crippen molar-refractivity contribution in [3.8, 4) is 11.6 Å². The van der Waals surface area contributed by atoms with Gasteiger partial charge in [-0.15, -0.1) is 10.2 Å². The summed E-state index contributed by atoms with van der Waals surface area (Å²) in [5, 5.41) is 17.1. The largest absolute Gasteiger partial charge is 0.426 e. The Kier molecular flexibility index (Phi) is 5.74. The number of fused-ring (bicyclic) bond motifs is 5. The van der Waals surface area contributed by atoms with Gasteiger partial charge in [-0.3, -0.25) is 0 Å². The van der Waals surface area contributed by atoms with E-state index in [1.165, 1.54) is 0 Å². The zero-order valence-electron chi connectivity index (χ0n) is 15.9. The lowest BCUT2D eigenvalue weighted by atomic mass is 9.92. The van der Waals surface area contributed by atoms with Crippen LogP contribution in [0.4, 0.5) is 32.0 Å². The normalized spacial score (nSPS) is 23.8. The van der Waals surface area contributed by atoms with Crippen LogP contribution in [0.3, 0.4) is 0 Å². The molecule has 3 rings (SSSR count). The van der Waals surface area contributed by atoms with Gasteiger partial charge in [0.05, 0.1) is 16.9 Å². The quantitative estimate of drug-likeness (QED) is 0.583. The molecule has 166 valence electrons. The maximum Gasteiger partial charge on any atom is 0.426 e. The van der Waals surface area contributed by atoms with E-state index in [1.54, 1.807) is 6.92 Å². The van der Waals surface area contributed by atoms with Crippen LogP contribution in [-0.2, 0) is 18.2 Å². The summed E-state index contributed by atoms with van der Waals surface area (Å²) >= 11 is 0. The molecule has 1 aliphatic rings. The molecule has 0 amide bonds. The van der Waals surface area contributed by atoms with Crippen LogP contribution >= 0.6 is 0 Å². The van der Waals surface area contributed by atoms with Gasteiger partial charge in [-0.1, -0.05) is 26.2 Å². The van der Waals surface area contributed by atoms with Crippen molar-refractivity contribution >= 4 is 5.69 Å². The van der Waals surface area contributed by atoms with Crippen molar-refractivity contribution < 1.29 is 35.9 Å². The van der Waals surface area contributed by atoms with Gasteiger partial charge >= 0.3 is 12.4 Å². The van der Waals surface area contributed by atoms with Crippen LogP contribution in [0.1, 0.15) is 56.2 Å². The zero-order valence-corrected chi connectivity index (χ0v) is 15.9. The van der Waals surface area contributed by atoms with Crippen molar-refractivity contribution in [1.82, 2.24) is 15.2 Å². The third-order valence-corrected chi connectivity index (χ3v) is 5.16. The molecule has 1 aliphatic heterocycles. The summed E-state index contributed by atoms with van der Waals surface area (Å²) < 4.78 is 86.1. The van der Waals surface area contributed by atoms with E-state index in [1.807, 2.05) is 0 Å². The third kappa shape index (κ3) is 4.23. The molecule has 6 nitrogen and oxygen atoms in total. The first-order chi connectivity index (χ1) is 13.8. The van der Waals surface area contributed by atoms with E-state index in [0.29, 0.717) is 25.3 Å². The fraction of sp³-hybridized carbons (Fsp3) is 0.611. The number of pyridine rings is 1. The molecule has 4 bridgehead atoms. The summed E-state index contributed by atoms with van der Waals surface area (Å²) in [6.45, 7) is 1.74. The van der Waals surface area contributed by atoms with Gasteiger partial charge in [0, 0.05) is 0 Å². The number of halogens is 6. The van der Waals surface area contributed by atoms with Gasteiger partial charge < -0.3 is 15.3 Å². The Morgan fingerprint density at radius 1 is 1.13 bits per heavy atom. The molecule has 0 aliphatic carbocycles. The number of nitrogens with two attached hydrogens (primary N) is 1. The molecule has 0 radical (unpaired) electrons. The molecule has 0 saturated carbocycles. The van der Waals surface area contributed by atoms with Crippen LogP contribution in [-0.4, -0.2) is 26.5 Å². The van der Waals surface area contributed by atoms with Gasteiger partial charge in [0.25, 0.3) is 11.8 Å². The Balaban J connectivity index is 2.17. The highest BCUT2D eigenvalue weighted by Crippen LogP contribution is 2.44. The minimum atomic E-state index is -5.09. The lowest BCUT2D eigenvalue weighted by Gasteiger charge is -2.27. The fourth-order valence-electron chi connectivity index (χ4n) is 3.48. The standard InChI is InChI=1S/C18H20F6N4O2/c1-9-5-3-2-4-6-16(29,18(22,23)24)15-28-27-14(30-15)13-11(25)8-10(17(19,20)21)12(7-9)26-13/h8-9,29H,2-7,25H2,1H3. The van der Waals surface area contributed by atoms with Crippen LogP contribution in [0.2, 0.25) is 0 Å². The first-order valence-electron chi connectivity index (χ1n) is 9.33. The van der Waals surface area contributed by atoms with Crippen LogP contribution in [0.5, 0.6) is 0 Å². The molecule has 0 aromatic carbocycles. The van der Waals surface area contributed by atoms with Gasteiger partial charge in [0.2, 0.25) is 5.60 Å². The maximum absolute atomic E-state index is 13.6. The van der Waals surface area contributed by atoms with Gasteiger partial charge in [-0.25, -0.2) is 4.98 Å². The molecule has 0 fully saturated rings.